The minimum Gasteiger partial charge on any atom is -0.346 e. The first kappa shape index (κ1) is 16.2. The Labute approximate surface area is 123 Å². The van der Waals surface area contributed by atoms with Gasteiger partial charge in [0.1, 0.15) is 5.69 Å². The zero-order valence-corrected chi connectivity index (χ0v) is 13.9. The number of halogens is 1. The maximum absolute atomic E-state index is 12.4. The maximum atomic E-state index is 12.4. The van der Waals surface area contributed by atoms with E-state index in [1.807, 2.05) is 30.7 Å². The van der Waals surface area contributed by atoms with Crippen LogP contribution in [0.2, 0.25) is 0 Å². The number of rotatable bonds is 4. The van der Waals surface area contributed by atoms with E-state index in [9.17, 15) is 4.79 Å². The van der Waals surface area contributed by atoms with Gasteiger partial charge in [-0.1, -0.05) is 20.8 Å². The summed E-state index contributed by atoms with van der Waals surface area (Å²) in [5, 5.41) is 3.03. The summed E-state index contributed by atoms with van der Waals surface area (Å²) in [6.07, 6.45) is 1.92. The summed E-state index contributed by atoms with van der Waals surface area (Å²) in [6.45, 7) is 10.7. The van der Waals surface area contributed by atoms with Crippen LogP contribution in [0.5, 0.6) is 0 Å². The number of hydrogen-bond donors (Lipinski definition) is 2. The first-order valence-corrected chi connectivity index (χ1v) is 7.34. The van der Waals surface area contributed by atoms with E-state index < -0.39 is 0 Å². The SMILES string of the molecule is CC(C)n1cc(Br)cc1C(=O)NC(CN)C(C)(C)C. The number of amides is 1. The lowest BCUT2D eigenvalue weighted by molar-refractivity contribution is 0.0894. The predicted octanol–water partition coefficient (Wildman–Crippen LogP) is 2.93. The zero-order chi connectivity index (χ0) is 14.8. The Morgan fingerprint density at radius 2 is 2.05 bits per heavy atom. The van der Waals surface area contributed by atoms with Crippen LogP contribution in [0.4, 0.5) is 0 Å². The van der Waals surface area contributed by atoms with Crippen molar-refractivity contribution >= 4 is 21.8 Å². The van der Waals surface area contributed by atoms with Crippen LogP contribution in [0, 0.1) is 5.41 Å². The molecule has 1 amide bonds. The van der Waals surface area contributed by atoms with Gasteiger partial charge in [0.2, 0.25) is 0 Å². The highest BCUT2D eigenvalue weighted by Crippen LogP contribution is 2.22. The molecule has 1 unspecified atom stereocenters. The van der Waals surface area contributed by atoms with Crippen molar-refractivity contribution < 1.29 is 4.79 Å². The van der Waals surface area contributed by atoms with Gasteiger partial charge in [-0.05, 0) is 41.3 Å². The largest absolute Gasteiger partial charge is 0.346 e. The second-order valence-corrected chi connectivity index (χ2v) is 7.09. The topological polar surface area (TPSA) is 60.0 Å². The zero-order valence-electron chi connectivity index (χ0n) is 12.3. The smallest absolute Gasteiger partial charge is 0.268 e. The minimum absolute atomic E-state index is 0.0470. The van der Waals surface area contributed by atoms with E-state index in [-0.39, 0.29) is 23.4 Å². The standard InChI is InChI=1S/C14H24BrN3O/c1-9(2)18-8-10(15)6-11(18)13(19)17-12(7-16)14(3,4)5/h6,8-9,12H,7,16H2,1-5H3,(H,17,19). The molecule has 1 rings (SSSR count). The van der Waals surface area contributed by atoms with Crippen LogP contribution in [-0.2, 0) is 0 Å². The highest BCUT2D eigenvalue weighted by atomic mass is 79.9. The summed E-state index contributed by atoms with van der Waals surface area (Å²) in [5.41, 5.74) is 6.36. The van der Waals surface area contributed by atoms with E-state index in [1.165, 1.54) is 0 Å². The average molecular weight is 330 g/mol. The fraction of sp³-hybridized carbons (Fsp3) is 0.643. The number of aromatic nitrogens is 1. The molecule has 108 valence electrons. The van der Waals surface area contributed by atoms with Crippen LogP contribution in [0.1, 0.15) is 51.1 Å². The first-order chi connectivity index (χ1) is 8.66. The van der Waals surface area contributed by atoms with E-state index in [1.54, 1.807) is 0 Å². The highest BCUT2D eigenvalue weighted by molar-refractivity contribution is 9.10. The van der Waals surface area contributed by atoms with Crippen LogP contribution >= 0.6 is 15.9 Å². The van der Waals surface area contributed by atoms with Gasteiger partial charge in [0.25, 0.3) is 5.91 Å². The van der Waals surface area contributed by atoms with Gasteiger partial charge in [0.15, 0.2) is 0 Å². The molecule has 19 heavy (non-hydrogen) atoms. The molecule has 5 heteroatoms. The molecule has 0 saturated carbocycles. The molecular weight excluding hydrogens is 306 g/mol. The Hall–Kier alpha value is -0.810. The fourth-order valence-corrected chi connectivity index (χ4v) is 2.35. The second-order valence-electron chi connectivity index (χ2n) is 6.17. The van der Waals surface area contributed by atoms with Crippen molar-refractivity contribution in [3.05, 3.63) is 22.4 Å². The van der Waals surface area contributed by atoms with Gasteiger partial charge in [0.05, 0.1) is 0 Å². The molecule has 1 atom stereocenters. The monoisotopic (exact) mass is 329 g/mol. The number of hydrogen-bond acceptors (Lipinski definition) is 2. The van der Waals surface area contributed by atoms with E-state index in [0.29, 0.717) is 12.2 Å². The quantitative estimate of drug-likeness (QED) is 0.892. The van der Waals surface area contributed by atoms with E-state index in [4.69, 9.17) is 5.73 Å². The van der Waals surface area contributed by atoms with E-state index in [0.717, 1.165) is 4.47 Å². The van der Waals surface area contributed by atoms with Crippen LogP contribution in [0.25, 0.3) is 0 Å². The number of nitrogens with two attached hydrogens (primary N) is 1. The van der Waals surface area contributed by atoms with Crippen molar-refractivity contribution in [2.24, 2.45) is 11.1 Å². The number of carbonyl (C=O) groups excluding carboxylic acids is 1. The molecule has 0 aliphatic carbocycles. The fourth-order valence-electron chi connectivity index (χ4n) is 1.92. The van der Waals surface area contributed by atoms with Crippen LogP contribution in [0.15, 0.2) is 16.7 Å². The summed E-state index contributed by atoms with van der Waals surface area (Å²) in [7, 11) is 0. The Morgan fingerprint density at radius 3 is 2.47 bits per heavy atom. The highest BCUT2D eigenvalue weighted by Gasteiger charge is 2.26. The predicted molar refractivity (Wildman–Crippen MR) is 82.3 cm³/mol. The third kappa shape index (κ3) is 4.08. The minimum atomic E-state index is -0.0789. The summed E-state index contributed by atoms with van der Waals surface area (Å²) < 4.78 is 2.86. The van der Waals surface area contributed by atoms with Crippen molar-refractivity contribution in [3.63, 3.8) is 0 Å². The third-order valence-corrected chi connectivity index (χ3v) is 3.62. The third-order valence-electron chi connectivity index (χ3n) is 3.19. The Kier molecular flexibility index (Phi) is 5.21. The van der Waals surface area contributed by atoms with Gasteiger partial charge in [-0.2, -0.15) is 0 Å². The molecular formula is C14H24BrN3O. The summed E-state index contributed by atoms with van der Waals surface area (Å²) in [5.74, 6) is -0.0789. The summed E-state index contributed by atoms with van der Waals surface area (Å²) in [4.78, 5) is 12.4. The van der Waals surface area contributed by atoms with Crippen molar-refractivity contribution in [3.8, 4) is 0 Å². The van der Waals surface area contributed by atoms with Crippen molar-refractivity contribution in [2.75, 3.05) is 6.54 Å². The molecule has 0 aromatic carbocycles. The second kappa shape index (κ2) is 6.09. The molecule has 0 aliphatic rings. The summed E-state index contributed by atoms with van der Waals surface area (Å²) >= 11 is 3.42. The Morgan fingerprint density at radius 1 is 1.47 bits per heavy atom. The molecule has 0 radical (unpaired) electrons. The molecule has 4 nitrogen and oxygen atoms in total. The maximum Gasteiger partial charge on any atom is 0.268 e. The van der Waals surface area contributed by atoms with E-state index >= 15 is 0 Å². The molecule has 1 heterocycles. The van der Waals surface area contributed by atoms with Gasteiger partial charge in [-0.25, -0.2) is 0 Å². The van der Waals surface area contributed by atoms with E-state index in [2.05, 4.69) is 42.0 Å². The first-order valence-electron chi connectivity index (χ1n) is 6.55. The number of carbonyl (C=O) groups is 1. The normalized spacial score (nSPS) is 13.7. The van der Waals surface area contributed by atoms with Gasteiger partial charge in [0, 0.05) is 29.3 Å². The molecule has 1 aromatic rings. The van der Waals surface area contributed by atoms with Crippen molar-refractivity contribution in [1.82, 2.24) is 9.88 Å². The van der Waals surface area contributed by atoms with Gasteiger partial charge in [-0.3, -0.25) is 4.79 Å². The van der Waals surface area contributed by atoms with Gasteiger partial charge in [-0.15, -0.1) is 0 Å². The molecule has 0 aliphatic heterocycles. The molecule has 0 fully saturated rings. The molecule has 3 N–H and O–H groups in total. The van der Waals surface area contributed by atoms with Gasteiger partial charge < -0.3 is 15.6 Å². The average Bonchev–Trinajstić information content (AvgIpc) is 2.66. The lowest BCUT2D eigenvalue weighted by Crippen LogP contribution is -2.48. The molecule has 1 aromatic heterocycles. The van der Waals surface area contributed by atoms with Crippen LogP contribution < -0.4 is 11.1 Å². The Bertz CT molecular complexity index is 446. The van der Waals surface area contributed by atoms with Gasteiger partial charge >= 0.3 is 0 Å². The number of nitrogens with one attached hydrogen (secondary N) is 1. The van der Waals surface area contributed by atoms with Crippen LogP contribution in [0.3, 0.4) is 0 Å². The lowest BCUT2D eigenvalue weighted by Gasteiger charge is -2.30. The van der Waals surface area contributed by atoms with Crippen LogP contribution in [-0.4, -0.2) is 23.1 Å². The lowest BCUT2D eigenvalue weighted by atomic mass is 9.86. The van der Waals surface area contributed by atoms with Crippen molar-refractivity contribution in [2.45, 2.75) is 46.7 Å². The van der Waals surface area contributed by atoms with Crippen molar-refractivity contribution in [1.29, 1.82) is 0 Å². The number of nitrogens with zero attached hydrogens (tertiary/aromatic N) is 1. The molecule has 0 bridgehead atoms. The molecule has 0 spiro atoms. The summed E-state index contributed by atoms with van der Waals surface area (Å²) in [6, 6.07) is 2.03. The molecule has 0 saturated heterocycles. The Balaban J connectivity index is 2.95.